The van der Waals surface area contributed by atoms with Crippen LogP contribution in [0.2, 0.25) is 0 Å². The zero-order chi connectivity index (χ0) is 17.4. The zero-order valence-electron chi connectivity index (χ0n) is 11.9. The van der Waals surface area contributed by atoms with E-state index in [1.165, 1.54) is 0 Å². The van der Waals surface area contributed by atoms with E-state index >= 15 is 0 Å². The predicted molar refractivity (Wildman–Crippen MR) is 67.8 cm³/mol. The first kappa shape index (κ1) is 18.4. The molecule has 8 atom stereocenters. The van der Waals surface area contributed by atoms with Gasteiger partial charge in [-0.15, -0.1) is 0 Å². The second kappa shape index (κ2) is 6.93. The summed E-state index contributed by atoms with van der Waals surface area (Å²) in [5.41, 5.74) is 0. The van der Waals surface area contributed by atoms with Crippen LogP contribution in [0.3, 0.4) is 0 Å². The first-order valence-electron chi connectivity index (χ1n) is 6.93. The minimum Gasteiger partial charge on any atom is -0.479 e. The minimum atomic E-state index is -2.07. The molecule has 0 spiro atoms. The van der Waals surface area contributed by atoms with Gasteiger partial charge in [-0.1, -0.05) is 0 Å². The van der Waals surface area contributed by atoms with Crippen LogP contribution in [0.4, 0.5) is 0 Å². The lowest BCUT2D eigenvalue weighted by Gasteiger charge is -2.42. The predicted octanol–water partition coefficient (Wildman–Crippen LogP) is -4.27. The van der Waals surface area contributed by atoms with Gasteiger partial charge < -0.3 is 50.0 Å². The molecular formula is C12H20O11. The van der Waals surface area contributed by atoms with Gasteiger partial charge in [-0.25, -0.2) is 4.79 Å². The summed E-state index contributed by atoms with van der Waals surface area (Å²) in [4.78, 5) is 11.0. The number of ether oxygens (including phenoxy) is 3. The summed E-state index contributed by atoms with van der Waals surface area (Å²) < 4.78 is 15.3. The fraction of sp³-hybridized carbons (Fsp3) is 0.917. The highest BCUT2D eigenvalue weighted by molar-refractivity contribution is 5.73. The van der Waals surface area contributed by atoms with E-state index in [0.29, 0.717) is 0 Å². The van der Waals surface area contributed by atoms with Gasteiger partial charge >= 0.3 is 5.97 Å². The molecule has 0 bridgehead atoms. The lowest BCUT2D eigenvalue weighted by molar-refractivity contribution is -0.379. The number of aliphatic hydroxyl groups excluding tert-OH is 6. The fourth-order valence-electron chi connectivity index (χ4n) is 2.58. The van der Waals surface area contributed by atoms with Crippen molar-refractivity contribution in [2.45, 2.75) is 55.1 Å². The third-order valence-electron chi connectivity index (χ3n) is 3.91. The Bertz CT molecular complexity index is 431. The van der Waals surface area contributed by atoms with Crippen molar-refractivity contribution in [1.29, 1.82) is 0 Å². The molecule has 2 rings (SSSR count). The van der Waals surface area contributed by atoms with Crippen molar-refractivity contribution in [1.82, 2.24) is 0 Å². The molecule has 2 heterocycles. The first-order chi connectivity index (χ1) is 10.8. The number of carboxylic acids is 1. The molecule has 23 heavy (non-hydrogen) atoms. The molecular weight excluding hydrogens is 320 g/mol. The largest absolute Gasteiger partial charge is 0.479 e. The third kappa shape index (κ3) is 3.33. The van der Waals surface area contributed by atoms with E-state index in [2.05, 4.69) is 0 Å². The van der Waals surface area contributed by atoms with E-state index < -0.39 is 67.9 Å². The van der Waals surface area contributed by atoms with E-state index in [-0.39, 0.29) is 6.42 Å². The first-order valence-corrected chi connectivity index (χ1v) is 6.93. The van der Waals surface area contributed by atoms with Crippen LogP contribution in [0.25, 0.3) is 0 Å². The smallest absolute Gasteiger partial charge is 0.335 e. The normalized spacial score (nSPS) is 47.7. The summed E-state index contributed by atoms with van der Waals surface area (Å²) in [6, 6.07) is 0. The summed E-state index contributed by atoms with van der Waals surface area (Å²) in [5.74, 6) is -3.67. The van der Waals surface area contributed by atoms with E-state index in [1.54, 1.807) is 0 Å². The van der Waals surface area contributed by atoms with Gasteiger partial charge in [0, 0.05) is 6.42 Å². The van der Waals surface area contributed by atoms with Crippen LogP contribution in [0, 0.1) is 0 Å². The summed E-state index contributed by atoms with van der Waals surface area (Å²) >= 11 is 0. The van der Waals surface area contributed by atoms with Gasteiger partial charge in [-0.05, 0) is 0 Å². The zero-order valence-corrected chi connectivity index (χ0v) is 11.9. The molecule has 11 nitrogen and oxygen atoms in total. The maximum atomic E-state index is 11.0. The lowest BCUT2D eigenvalue weighted by Crippen LogP contribution is -2.63. The molecule has 6 unspecified atom stereocenters. The quantitative estimate of drug-likeness (QED) is 0.257. The summed E-state index contributed by atoms with van der Waals surface area (Å²) in [7, 11) is 0. The average molecular weight is 340 g/mol. The Morgan fingerprint density at radius 1 is 1.13 bits per heavy atom. The van der Waals surface area contributed by atoms with Crippen molar-refractivity contribution < 1.29 is 54.8 Å². The molecule has 0 aromatic heterocycles. The highest BCUT2D eigenvalue weighted by Crippen LogP contribution is 2.35. The topological polar surface area (TPSA) is 186 Å². The number of aliphatic hydroxyl groups is 6. The van der Waals surface area contributed by atoms with Gasteiger partial charge in [-0.2, -0.15) is 0 Å². The van der Waals surface area contributed by atoms with Crippen molar-refractivity contribution in [2.24, 2.45) is 0 Å². The molecule has 134 valence electrons. The average Bonchev–Trinajstić information content (AvgIpc) is 2.84. The highest BCUT2D eigenvalue weighted by atomic mass is 16.8. The molecule has 7 N–H and O–H groups in total. The second-order valence-electron chi connectivity index (χ2n) is 5.50. The number of hydrogen-bond donors (Lipinski definition) is 7. The number of carbonyl (C=O) groups is 1. The summed E-state index contributed by atoms with van der Waals surface area (Å²) in [5, 5.41) is 66.6. The van der Waals surface area contributed by atoms with Gasteiger partial charge in [0.15, 0.2) is 12.4 Å². The maximum Gasteiger partial charge on any atom is 0.335 e. The monoisotopic (exact) mass is 340 g/mol. The van der Waals surface area contributed by atoms with Gasteiger partial charge in [0.25, 0.3) is 0 Å². The minimum absolute atomic E-state index is 0.0760. The fourth-order valence-corrected chi connectivity index (χ4v) is 2.58. The molecule has 0 aromatic carbocycles. The number of rotatable bonds is 5. The Kier molecular flexibility index (Phi) is 5.56. The molecule has 0 radical (unpaired) electrons. The van der Waals surface area contributed by atoms with Crippen LogP contribution < -0.4 is 0 Å². The Labute approximate surface area is 130 Å². The van der Waals surface area contributed by atoms with E-state index in [0.717, 1.165) is 0 Å². The molecule has 0 aliphatic carbocycles. The Balaban J connectivity index is 2.18. The van der Waals surface area contributed by atoms with Crippen LogP contribution in [-0.2, 0) is 19.0 Å². The highest BCUT2D eigenvalue weighted by Gasteiger charge is 2.55. The van der Waals surface area contributed by atoms with Crippen LogP contribution in [-0.4, -0.2) is 104 Å². The lowest BCUT2D eigenvalue weighted by atomic mass is 9.98. The molecule has 2 saturated heterocycles. The molecule has 2 aliphatic rings. The van der Waals surface area contributed by atoms with E-state index in [9.17, 15) is 30.3 Å². The maximum absolute atomic E-state index is 11.0. The second-order valence-corrected chi connectivity index (χ2v) is 5.50. The summed E-state index contributed by atoms with van der Waals surface area (Å²) in [6.45, 7) is -1.34. The van der Waals surface area contributed by atoms with Crippen molar-refractivity contribution in [3.63, 3.8) is 0 Å². The SMILES string of the molecule is O=C(O)C1OC(O[C@]2(CO)OC(CO)C[C@H]2O)C(O)C(O)C1O. The van der Waals surface area contributed by atoms with Gasteiger partial charge in [0.05, 0.1) is 12.7 Å². The van der Waals surface area contributed by atoms with Gasteiger partial charge in [-0.3, -0.25) is 0 Å². The van der Waals surface area contributed by atoms with Gasteiger partial charge in [0.1, 0.15) is 31.0 Å². The van der Waals surface area contributed by atoms with Crippen LogP contribution in [0.15, 0.2) is 0 Å². The Hall–Kier alpha value is -0.890. The van der Waals surface area contributed by atoms with Crippen molar-refractivity contribution in [3.05, 3.63) is 0 Å². The van der Waals surface area contributed by atoms with E-state index in [4.69, 9.17) is 24.4 Å². The van der Waals surface area contributed by atoms with Crippen molar-refractivity contribution in [2.75, 3.05) is 13.2 Å². The third-order valence-corrected chi connectivity index (χ3v) is 3.91. The Morgan fingerprint density at radius 3 is 2.26 bits per heavy atom. The van der Waals surface area contributed by atoms with Crippen LogP contribution in [0.5, 0.6) is 0 Å². The van der Waals surface area contributed by atoms with Crippen molar-refractivity contribution in [3.8, 4) is 0 Å². The number of carboxylic acid groups (broad SMARTS) is 1. The molecule has 0 saturated carbocycles. The number of hydrogen-bond acceptors (Lipinski definition) is 10. The van der Waals surface area contributed by atoms with E-state index in [1.807, 2.05) is 0 Å². The van der Waals surface area contributed by atoms with Crippen molar-refractivity contribution >= 4 is 5.97 Å². The number of aliphatic carboxylic acids is 1. The van der Waals surface area contributed by atoms with Crippen LogP contribution >= 0.6 is 0 Å². The molecule has 2 aliphatic heterocycles. The molecule has 0 aromatic rings. The van der Waals surface area contributed by atoms with Gasteiger partial charge in [0.2, 0.25) is 5.79 Å². The molecule has 11 heteroatoms. The standard InChI is InChI=1S/C12H20O11/c13-2-4-1-5(15)12(3-14,22-4)23-11-8(18)6(16)7(17)9(21-11)10(19)20/h4-9,11,13-18H,1-3H2,(H,19,20)/t4?,5-,6?,7?,8?,9?,11?,12+/m1/s1. The van der Waals surface area contributed by atoms with Crippen LogP contribution in [0.1, 0.15) is 6.42 Å². The molecule has 0 amide bonds. The molecule has 2 fully saturated rings. The summed E-state index contributed by atoms with van der Waals surface area (Å²) in [6.07, 6.45) is -11.6. The Morgan fingerprint density at radius 2 is 1.78 bits per heavy atom.